The van der Waals surface area contributed by atoms with Gasteiger partial charge in [-0.25, -0.2) is 8.78 Å². The first-order chi connectivity index (χ1) is 10.1. The monoisotopic (exact) mass is 291 g/mol. The van der Waals surface area contributed by atoms with E-state index in [2.05, 4.69) is 5.16 Å². The second-order valence-electron chi connectivity index (χ2n) is 4.66. The molecule has 1 N–H and O–H groups in total. The first-order valence-electron chi connectivity index (χ1n) is 6.42. The predicted octanol–water partition coefficient (Wildman–Crippen LogP) is 3.94. The number of halogens is 2. The zero-order chi connectivity index (χ0) is 15.2. The molecule has 0 radical (unpaired) electrons. The molecule has 0 bridgehead atoms. The molecule has 2 aromatic rings. The highest BCUT2D eigenvalue weighted by Crippen LogP contribution is 2.17. The van der Waals surface area contributed by atoms with Crippen LogP contribution in [0.1, 0.15) is 18.1 Å². The third-order valence-electron chi connectivity index (χ3n) is 2.98. The van der Waals surface area contributed by atoms with E-state index < -0.39 is 11.6 Å². The smallest absolute Gasteiger partial charge is 0.165 e. The molecule has 0 aromatic heterocycles. The summed E-state index contributed by atoms with van der Waals surface area (Å²) in [4.78, 5) is 0. The highest BCUT2D eigenvalue weighted by Gasteiger charge is 2.08. The topological polar surface area (TPSA) is 41.8 Å². The normalized spacial score (nSPS) is 11.5. The van der Waals surface area contributed by atoms with Gasteiger partial charge in [-0.3, -0.25) is 0 Å². The van der Waals surface area contributed by atoms with Crippen molar-refractivity contribution < 1.29 is 18.7 Å². The van der Waals surface area contributed by atoms with Gasteiger partial charge < -0.3 is 9.94 Å². The van der Waals surface area contributed by atoms with Crippen molar-refractivity contribution in [2.45, 2.75) is 20.0 Å². The van der Waals surface area contributed by atoms with E-state index in [1.54, 1.807) is 19.1 Å². The maximum atomic E-state index is 13.5. The molecule has 2 aromatic carbocycles. The third-order valence-corrected chi connectivity index (χ3v) is 2.98. The third kappa shape index (κ3) is 4.02. The molecule has 0 unspecified atom stereocenters. The number of hydrogen-bond acceptors (Lipinski definition) is 3. The van der Waals surface area contributed by atoms with E-state index in [4.69, 9.17) is 9.94 Å². The summed E-state index contributed by atoms with van der Waals surface area (Å²) in [6, 6.07) is 11.1. The predicted molar refractivity (Wildman–Crippen MR) is 75.7 cm³/mol. The van der Waals surface area contributed by atoms with Crippen LogP contribution in [0, 0.1) is 11.6 Å². The lowest BCUT2D eigenvalue weighted by atomic mass is 10.1. The van der Waals surface area contributed by atoms with Crippen molar-refractivity contribution in [1.29, 1.82) is 0 Å². The van der Waals surface area contributed by atoms with Gasteiger partial charge in [0, 0.05) is 12.0 Å². The molecule has 0 heterocycles. The molecule has 21 heavy (non-hydrogen) atoms. The van der Waals surface area contributed by atoms with E-state index in [1.165, 1.54) is 12.1 Å². The number of rotatable bonds is 5. The van der Waals surface area contributed by atoms with Crippen LogP contribution in [-0.4, -0.2) is 10.9 Å². The lowest BCUT2D eigenvalue weighted by molar-refractivity contribution is 0.297. The summed E-state index contributed by atoms with van der Waals surface area (Å²) in [6.07, 6.45) is 0.537. The van der Waals surface area contributed by atoms with Crippen LogP contribution in [0.2, 0.25) is 0 Å². The number of oxime groups is 1. The van der Waals surface area contributed by atoms with Crippen LogP contribution >= 0.6 is 0 Å². The van der Waals surface area contributed by atoms with Crippen LogP contribution in [0.5, 0.6) is 5.75 Å². The Morgan fingerprint density at radius 2 is 1.86 bits per heavy atom. The minimum absolute atomic E-state index is 0.0416. The largest absolute Gasteiger partial charge is 0.489 e. The Kier molecular flexibility index (Phi) is 4.87. The molecule has 2 rings (SSSR count). The Morgan fingerprint density at radius 3 is 2.52 bits per heavy atom. The van der Waals surface area contributed by atoms with Gasteiger partial charge >= 0.3 is 0 Å². The van der Waals surface area contributed by atoms with Gasteiger partial charge in [0.15, 0.2) is 11.6 Å². The summed E-state index contributed by atoms with van der Waals surface area (Å²) >= 11 is 0. The fraction of sp³-hybridized carbons (Fsp3) is 0.188. The SMILES string of the molecule is C/C(Cc1ccc(OCc2cccc(F)c2F)cc1)=N/O. The van der Waals surface area contributed by atoms with E-state index in [-0.39, 0.29) is 12.2 Å². The van der Waals surface area contributed by atoms with Crippen molar-refractivity contribution in [3.05, 3.63) is 65.2 Å². The van der Waals surface area contributed by atoms with Crippen LogP contribution in [0.3, 0.4) is 0 Å². The number of ether oxygens (including phenoxy) is 1. The number of hydrogen-bond donors (Lipinski definition) is 1. The molecule has 0 aliphatic heterocycles. The maximum Gasteiger partial charge on any atom is 0.165 e. The molecule has 0 saturated carbocycles. The minimum atomic E-state index is -0.885. The number of benzene rings is 2. The lowest BCUT2D eigenvalue weighted by Crippen LogP contribution is -2.01. The van der Waals surface area contributed by atoms with Gasteiger partial charge in [0.05, 0.1) is 5.71 Å². The van der Waals surface area contributed by atoms with Crippen molar-refractivity contribution in [2.75, 3.05) is 0 Å². The van der Waals surface area contributed by atoms with Gasteiger partial charge in [-0.2, -0.15) is 0 Å². The van der Waals surface area contributed by atoms with Crippen LogP contribution in [-0.2, 0) is 13.0 Å². The fourth-order valence-electron chi connectivity index (χ4n) is 1.86. The molecule has 110 valence electrons. The Hall–Kier alpha value is -2.43. The van der Waals surface area contributed by atoms with Crippen LogP contribution in [0.4, 0.5) is 8.78 Å². The second-order valence-corrected chi connectivity index (χ2v) is 4.66. The van der Waals surface area contributed by atoms with E-state index in [9.17, 15) is 8.78 Å². The molecule has 0 atom stereocenters. The summed E-state index contributed by atoms with van der Waals surface area (Å²) in [5.74, 6) is -1.21. The van der Waals surface area contributed by atoms with Crippen LogP contribution in [0.15, 0.2) is 47.6 Å². The zero-order valence-electron chi connectivity index (χ0n) is 11.5. The first kappa shape index (κ1) is 15.0. The molecular weight excluding hydrogens is 276 g/mol. The zero-order valence-corrected chi connectivity index (χ0v) is 11.5. The van der Waals surface area contributed by atoms with Crippen molar-refractivity contribution in [2.24, 2.45) is 5.16 Å². The van der Waals surface area contributed by atoms with Gasteiger partial charge in [-0.05, 0) is 30.7 Å². The molecule has 0 aliphatic rings. The van der Waals surface area contributed by atoms with Crippen molar-refractivity contribution >= 4 is 5.71 Å². The van der Waals surface area contributed by atoms with Crippen LogP contribution < -0.4 is 4.74 Å². The average molecular weight is 291 g/mol. The summed E-state index contributed by atoms with van der Waals surface area (Å²) in [7, 11) is 0. The molecule has 0 saturated heterocycles. The highest BCUT2D eigenvalue weighted by molar-refractivity contribution is 5.83. The lowest BCUT2D eigenvalue weighted by Gasteiger charge is -2.08. The average Bonchev–Trinajstić information content (AvgIpc) is 2.50. The van der Waals surface area contributed by atoms with E-state index in [1.807, 2.05) is 12.1 Å². The molecule has 5 heteroatoms. The Morgan fingerprint density at radius 1 is 1.14 bits per heavy atom. The summed E-state index contributed by atoms with van der Waals surface area (Å²) < 4.78 is 31.9. The Bertz CT molecular complexity index is 639. The van der Waals surface area contributed by atoms with Gasteiger partial charge in [0.1, 0.15) is 12.4 Å². The standard InChI is InChI=1S/C16H15F2NO2/c1-11(19-20)9-12-5-7-14(8-6-12)21-10-13-3-2-4-15(17)16(13)18/h2-8,20H,9-10H2,1H3/b19-11-. The fourth-order valence-corrected chi connectivity index (χ4v) is 1.86. The summed E-state index contributed by atoms with van der Waals surface area (Å²) in [5, 5.41) is 11.7. The van der Waals surface area contributed by atoms with Gasteiger partial charge in [-0.1, -0.05) is 29.4 Å². The molecule has 0 spiro atoms. The van der Waals surface area contributed by atoms with Crippen LogP contribution in [0.25, 0.3) is 0 Å². The highest BCUT2D eigenvalue weighted by atomic mass is 19.2. The number of nitrogens with zero attached hydrogens (tertiary/aromatic N) is 1. The molecular formula is C16H15F2NO2. The van der Waals surface area contributed by atoms with Gasteiger partial charge in [0.2, 0.25) is 0 Å². The second kappa shape index (κ2) is 6.83. The van der Waals surface area contributed by atoms with Gasteiger partial charge in [0.25, 0.3) is 0 Å². The molecule has 0 fully saturated rings. The van der Waals surface area contributed by atoms with Crippen molar-refractivity contribution in [3.8, 4) is 5.75 Å². The maximum absolute atomic E-state index is 13.5. The van der Waals surface area contributed by atoms with E-state index in [0.29, 0.717) is 17.9 Å². The van der Waals surface area contributed by atoms with E-state index >= 15 is 0 Å². The Balaban J connectivity index is 1.99. The van der Waals surface area contributed by atoms with Gasteiger partial charge in [-0.15, -0.1) is 0 Å². The first-order valence-corrected chi connectivity index (χ1v) is 6.42. The molecule has 3 nitrogen and oxygen atoms in total. The molecule has 0 aliphatic carbocycles. The van der Waals surface area contributed by atoms with Crippen molar-refractivity contribution in [1.82, 2.24) is 0 Å². The minimum Gasteiger partial charge on any atom is -0.489 e. The van der Waals surface area contributed by atoms with Crippen molar-refractivity contribution in [3.63, 3.8) is 0 Å². The quantitative estimate of drug-likeness (QED) is 0.515. The molecule has 0 amide bonds. The summed E-state index contributed by atoms with van der Waals surface area (Å²) in [6.45, 7) is 1.68. The summed E-state index contributed by atoms with van der Waals surface area (Å²) in [5.41, 5.74) is 1.74. The Labute approximate surface area is 121 Å². The van der Waals surface area contributed by atoms with E-state index in [0.717, 1.165) is 11.6 Å².